The molecule has 0 amide bonds. The standard InChI is InChI=1S/C19H37NO/c1-15(2)11-17(14-20-13-16(3)4)12-18-7-10-19(21-18)8-5-6-9-19/h15-18,20H,5-14H2,1-4H3. The third-order valence-corrected chi connectivity index (χ3v) is 5.24. The van der Waals surface area contributed by atoms with E-state index in [0.29, 0.717) is 11.7 Å². The smallest absolute Gasteiger partial charge is 0.0687 e. The van der Waals surface area contributed by atoms with Crippen LogP contribution in [0.25, 0.3) is 0 Å². The molecular formula is C19H37NO. The van der Waals surface area contributed by atoms with Gasteiger partial charge in [-0.1, -0.05) is 40.5 Å². The first-order valence-corrected chi connectivity index (χ1v) is 9.37. The predicted octanol–water partition coefficient (Wildman–Crippen LogP) is 4.78. The van der Waals surface area contributed by atoms with E-state index in [4.69, 9.17) is 4.74 Å². The molecule has 2 fully saturated rings. The van der Waals surface area contributed by atoms with Crippen LogP contribution in [0.3, 0.4) is 0 Å². The summed E-state index contributed by atoms with van der Waals surface area (Å²) in [6.45, 7) is 11.6. The molecule has 2 heteroatoms. The van der Waals surface area contributed by atoms with Crippen LogP contribution in [0, 0.1) is 17.8 Å². The third-order valence-electron chi connectivity index (χ3n) is 5.24. The number of rotatable bonds is 8. The van der Waals surface area contributed by atoms with Gasteiger partial charge in [0.1, 0.15) is 0 Å². The lowest BCUT2D eigenvalue weighted by atomic mass is 9.90. The Kier molecular flexibility index (Phi) is 6.55. The van der Waals surface area contributed by atoms with Crippen molar-refractivity contribution < 1.29 is 4.74 Å². The molecule has 21 heavy (non-hydrogen) atoms. The molecule has 124 valence electrons. The normalized spacial score (nSPS) is 26.3. The molecule has 2 rings (SSSR count). The van der Waals surface area contributed by atoms with Crippen LogP contribution in [0.1, 0.15) is 79.1 Å². The van der Waals surface area contributed by atoms with Gasteiger partial charge in [0, 0.05) is 0 Å². The molecule has 1 saturated carbocycles. The molecule has 1 aliphatic carbocycles. The van der Waals surface area contributed by atoms with Crippen molar-refractivity contribution in [2.75, 3.05) is 13.1 Å². The monoisotopic (exact) mass is 295 g/mol. The molecule has 0 aromatic rings. The molecule has 0 radical (unpaired) electrons. The van der Waals surface area contributed by atoms with Gasteiger partial charge in [-0.15, -0.1) is 0 Å². The zero-order valence-corrected chi connectivity index (χ0v) is 14.8. The number of hydrogen-bond acceptors (Lipinski definition) is 2. The molecule has 1 N–H and O–H groups in total. The first-order chi connectivity index (χ1) is 9.99. The zero-order valence-electron chi connectivity index (χ0n) is 14.8. The van der Waals surface area contributed by atoms with Gasteiger partial charge >= 0.3 is 0 Å². The van der Waals surface area contributed by atoms with Crippen LogP contribution in [0.4, 0.5) is 0 Å². The van der Waals surface area contributed by atoms with Crippen molar-refractivity contribution in [1.82, 2.24) is 5.32 Å². The summed E-state index contributed by atoms with van der Waals surface area (Å²) >= 11 is 0. The van der Waals surface area contributed by atoms with Crippen molar-refractivity contribution in [3.8, 4) is 0 Å². The van der Waals surface area contributed by atoms with E-state index in [0.717, 1.165) is 24.3 Å². The molecule has 2 unspecified atom stereocenters. The average molecular weight is 296 g/mol. The Morgan fingerprint density at radius 1 is 1.00 bits per heavy atom. The molecule has 2 nitrogen and oxygen atoms in total. The van der Waals surface area contributed by atoms with Crippen LogP contribution in [0.5, 0.6) is 0 Å². The third kappa shape index (κ3) is 5.56. The second-order valence-electron chi connectivity index (χ2n) is 8.45. The Balaban J connectivity index is 1.77. The minimum absolute atomic E-state index is 0.304. The predicted molar refractivity (Wildman–Crippen MR) is 90.6 cm³/mol. The van der Waals surface area contributed by atoms with E-state index in [2.05, 4.69) is 33.0 Å². The van der Waals surface area contributed by atoms with Crippen LogP contribution in [0.15, 0.2) is 0 Å². The van der Waals surface area contributed by atoms with E-state index in [-0.39, 0.29) is 0 Å². The summed E-state index contributed by atoms with van der Waals surface area (Å²) in [7, 11) is 0. The van der Waals surface area contributed by atoms with Gasteiger partial charge in [-0.2, -0.15) is 0 Å². The molecular weight excluding hydrogens is 258 g/mol. The fourth-order valence-corrected chi connectivity index (χ4v) is 4.33. The maximum atomic E-state index is 6.52. The largest absolute Gasteiger partial charge is 0.372 e. The van der Waals surface area contributed by atoms with Crippen molar-refractivity contribution in [3.05, 3.63) is 0 Å². The SMILES string of the molecule is CC(C)CNCC(CC(C)C)CC1CCC2(CCCC2)O1. The van der Waals surface area contributed by atoms with E-state index in [1.54, 1.807) is 0 Å². The lowest BCUT2D eigenvalue weighted by Gasteiger charge is -2.27. The number of hydrogen-bond donors (Lipinski definition) is 1. The highest BCUT2D eigenvalue weighted by Crippen LogP contribution is 2.44. The topological polar surface area (TPSA) is 21.3 Å². The first kappa shape index (κ1) is 17.3. The zero-order chi connectivity index (χ0) is 15.3. The average Bonchev–Trinajstić information content (AvgIpc) is 2.99. The van der Waals surface area contributed by atoms with Gasteiger partial charge in [0.25, 0.3) is 0 Å². The van der Waals surface area contributed by atoms with Gasteiger partial charge in [0.15, 0.2) is 0 Å². The van der Waals surface area contributed by atoms with E-state index in [9.17, 15) is 0 Å². The summed E-state index contributed by atoms with van der Waals surface area (Å²) in [6, 6.07) is 0. The number of ether oxygens (including phenoxy) is 1. The second kappa shape index (κ2) is 7.97. The molecule has 1 aliphatic heterocycles. The molecule has 2 atom stereocenters. The quantitative estimate of drug-likeness (QED) is 0.696. The number of nitrogens with one attached hydrogen (secondary N) is 1. The van der Waals surface area contributed by atoms with Crippen LogP contribution in [-0.4, -0.2) is 24.8 Å². The summed E-state index contributed by atoms with van der Waals surface area (Å²) in [6.07, 6.45) is 11.2. The first-order valence-electron chi connectivity index (χ1n) is 9.37. The molecule has 0 aromatic carbocycles. The minimum Gasteiger partial charge on any atom is -0.372 e. The minimum atomic E-state index is 0.304. The van der Waals surface area contributed by atoms with Crippen molar-refractivity contribution in [3.63, 3.8) is 0 Å². The van der Waals surface area contributed by atoms with Gasteiger partial charge in [0.2, 0.25) is 0 Å². The van der Waals surface area contributed by atoms with Crippen molar-refractivity contribution in [1.29, 1.82) is 0 Å². The maximum Gasteiger partial charge on any atom is 0.0687 e. The molecule has 1 saturated heterocycles. The van der Waals surface area contributed by atoms with E-state index < -0.39 is 0 Å². The fraction of sp³-hybridized carbons (Fsp3) is 1.00. The lowest BCUT2D eigenvalue weighted by Crippen LogP contribution is -2.31. The molecule has 0 bridgehead atoms. The van der Waals surface area contributed by atoms with Crippen LogP contribution in [0.2, 0.25) is 0 Å². The highest BCUT2D eigenvalue weighted by molar-refractivity contribution is 4.93. The Morgan fingerprint density at radius 2 is 1.71 bits per heavy atom. The molecule has 1 heterocycles. The lowest BCUT2D eigenvalue weighted by molar-refractivity contribution is -0.0449. The van der Waals surface area contributed by atoms with Gasteiger partial charge in [0.05, 0.1) is 11.7 Å². The van der Waals surface area contributed by atoms with Crippen molar-refractivity contribution >= 4 is 0 Å². The molecule has 2 aliphatic rings. The summed E-state index contributed by atoms with van der Waals surface area (Å²) in [4.78, 5) is 0. The van der Waals surface area contributed by atoms with Crippen molar-refractivity contribution in [2.24, 2.45) is 17.8 Å². The summed E-state index contributed by atoms with van der Waals surface area (Å²) in [5.74, 6) is 2.32. The van der Waals surface area contributed by atoms with Gasteiger partial charge < -0.3 is 10.1 Å². The van der Waals surface area contributed by atoms with Crippen molar-refractivity contribution in [2.45, 2.75) is 90.8 Å². The highest BCUT2D eigenvalue weighted by Gasteiger charge is 2.42. The summed E-state index contributed by atoms with van der Waals surface area (Å²) < 4.78 is 6.52. The van der Waals surface area contributed by atoms with Gasteiger partial charge in [-0.05, 0) is 69.4 Å². The second-order valence-corrected chi connectivity index (χ2v) is 8.45. The Hall–Kier alpha value is -0.0800. The summed E-state index contributed by atoms with van der Waals surface area (Å²) in [5, 5.41) is 3.67. The van der Waals surface area contributed by atoms with E-state index in [1.165, 1.54) is 57.9 Å². The summed E-state index contributed by atoms with van der Waals surface area (Å²) in [5.41, 5.74) is 0.304. The van der Waals surface area contributed by atoms with E-state index in [1.807, 2.05) is 0 Å². The highest BCUT2D eigenvalue weighted by atomic mass is 16.5. The van der Waals surface area contributed by atoms with Gasteiger partial charge in [-0.3, -0.25) is 0 Å². The maximum absolute atomic E-state index is 6.52. The van der Waals surface area contributed by atoms with Gasteiger partial charge in [-0.25, -0.2) is 0 Å². The van der Waals surface area contributed by atoms with Crippen LogP contribution < -0.4 is 5.32 Å². The van der Waals surface area contributed by atoms with Crippen LogP contribution in [-0.2, 0) is 4.74 Å². The fourth-order valence-electron chi connectivity index (χ4n) is 4.33. The Morgan fingerprint density at radius 3 is 2.33 bits per heavy atom. The Labute approximate surface area is 132 Å². The van der Waals surface area contributed by atoms with E-state index >= 15 is 0 Å². The van der Waals surface area contributed by atoms with Crippen LogP contribution >= 0.6 is 0 Å². The Bertz CT molecular complexity index is 294. The molecule has 1 spiro atoms. The molecule has 0 aromatic heterocycles.